The zero-order valence-corrected chi connectivity index (χ0v) is 10.3. The highest BCUT2D eigenvalue weighted by Crippen LogP contribution is 2.37. The smallest absolute Gasteiger partial charge is 0.382 e. The van der Waals surface area contributed by atoms with Gasteiger partial charge in [-0.3, -0.25) is 5.10 Å². The molecule has 0 fully saturated rings. The van der Waals surface area contributed by atoms with Crippen molar-refractivity contribution in [3.8, 4) is 10.6 Å². The highest BCUT2D eigenvalue weighted by Gasteiger charge is 2.30. The molecule has 98 valence electrons. The second-order valence-corrected chi connectivity index (χ2v) is 5.15. The number of fused-ring (bicyclic) bond motifs is 1. The largest absolute Gasteiger partial charge is 0.416 e. The van der Waals surface area contributed by atoms with E-state index in [9.17, 15) is 13.2 Å². The van der Waals surface area contributed by atoms with Gasteiger partial charge in [0.25, 0.3) is 0 Å². The van der Waals surface area contributed by atoms with E-state index < -0.39 is 11.7 Å². The van der Waals surface area contributed by atoms with Crippen molar-refractivity contribution in [2.24, 2.45) is 0 Å². The zero-order chi connectivity index (χ0) is 13.6. The third-order valence-electron chi connectivity index (χ3n) is 2.71. The number of nitrogens with two attached hydrogens (primary N) is 1. The van der Waals surface area contributed by atoms with E-state index in [0.717, 1.165) is 22.4 Å². The van der Waals surface area contributed by atoms with Crippen molar-refractivity contribution in [2.45, 2.75) is 6.18 Å². The zero-order valence-electron chi connectivity index (χ0n) is 9.45. The number of alkyl halides is 3. The second kappa shape index (κ2) is 3.99. The molecule has 7 heteroatoms. The summed E-state index contributed by atoms with van der Waals surface area (Å²) in [7, 11) is 0. The summed E-state index contributed by atoms with van der Waals surface area (Å²) in [4.78, 5) is 0.804. The minimum atomic E-state index is -4.32. The Morgan fingerprint density at radius 1 is 1.16 bits per heavy atom. The molecule has 0 saturated carbocycles. The highest BCUT2D eigenvalue weighted by atomic mass is 32.1. The Labute approximate surface area is 109 Å². The van der Waals surface area contributed by atoms with Crippen molar-refractivity contribution >= 4 is 27.2 Å². The third-order valence-corrected chi connectivity index (χ3v) is 3.84. The molecule has 2 aromatic heterocycles. The Hall–Kier alpha value is -2.02. The summed E-state index contributed by atoms with van der Waals surface area (Å²) in [6.07, 6.45) is -4.32. The number of nitrogen functional groups attached to an aromatic ring is 1. The van der Waals surface area contributed by atoms with Crippen LogP contribution in [-0.2, 0) is 6.18 Å². The van der Waals surface area contributed by atoms with Gasteiger partial charge in [-0.2, -0.15) is 18.3 Å². The summed E-state index contributed by atoms with van der Waals surface area (Å²) < 4.78 is 38.4. The number of hydrogen-bond acceptors (Lipinski definition) is 3. The third kappa shape index (κ3) is 2.17. The average Bonchev–Trinajstić information content (AvgIpc) is 2.92. The quantitative estimate of drug-likeness (QED) is 0.711. The van der Waals surface area contributed by atoms with Gasteiger partial charge in [0.2, 0.25) is 0 Å². The first-order valence-electron chi connectivity index (χ1n) is 5.35. The number of nitrogens with one attached hydrogen (secondary N) is 1. The summed E-state index contributed by atoms with van der Waals surface area (Å²) in [5.41, 5.74) is 5.56. The number of hydrogen-bond donors (Lipinski definition) is 2. The second-order valence-electron chi connectivity index (χ2n) is 4.07. The fourth-order valence-electron chi connectivity index (χ4n) is 1.80. The van der Waals surface area contributed by atoms with Crippen LogP contribution in [0.1, 0.15) is 5.56 Å². The number of rotatable bonds is 1. The van der Waals surface area contributed by atoms with Gasteiger partial charge in [-0.05, 0) is 23.6 Å². The summed E-state index contributed by atoms with van der Waals surface area (Å²) >= 11 is 1.27. The molecule has 3 N–H and O–H groups in total. The lowest BCUT2D eigenvalue weighted by Crippen LogP contribution is -2.03. The van der Waals surface area contributed by atoms with Crippen LogP contribution in [-0.4, -0.2) is 10.2 Å². The first-order chi connectivity index (χ1) is 8.93. The van der Waals surface area contributed by atoms with E-state index >= 15 is 0 Å². The molecule has 0 atom stereocenters. The maximum atomic E-state index is 12.6. The van der Waals surface area contributed by atoms with Gasteiger partial charge in [0.05, 0.1) is 16.1 Å². The lowest BCUT2D eigenvalue weighted by molar-refractivity contribution is -0.137. The van der Waals surface area contributed by atoms with Crippen LogP contribution in [0.15, 0.2) is 30.3 Å². The van der Waals surface area contributed by atoms with E-state index in [1.54, 1.807) is 6.07 Å². The van der Waals surface area contributed by atoms with Gasteiger partial charge in [0.15, 0.2) is 0 Å². The Morgan fingerprint density at radius 3 is 2.58 bits per heavy atom. The van der Waals surface area contributed by atoms with Gasteiger partial charge >= 0.3 is 6.18 Å². The Morgan fingerprint density at radius 2 is 1.95 bits per heavy atom. The van der Waals surface area contributed by atoms with E-state index in [0.29, 0.717) is 16.2 Å². The van der Waals surface area contributed by atoms with E-state index in [4.69, 9.17) is 5.73 Å². The molecule has 3 aromatic rings. The topological polar surface area (TPSA) is 54.7 Å². The highest BCUT2D eigenvalue weighted by molar-refractivity contribution is 7.22. The molecule has 0 aliphatic heterocycles. The number of halogens is 3. The minimum Gasteiger partial charge on any atom is -0.382 e. The molecule has 2 heterocycles. The maximum Gasteiger partial charge on any atom is 0.416 e. The number of aromatic amines is 1. The van der Waals surface area contributed by atoms with Crippen LogP contribution in [0.3, 0.4) is 0 Å². The molecule has 3 rings (SSSR count). The molecule has 0 radical (unpaired) electrons. The predicted molar refractivity (Wildman–Crippen MR) is 68.8 cm³/mol. The van der Waals surface area contributed by atoms with E-state index in [-0.39, 0.29) is 0 Å². The summed E-state index contributed by atoms with van der Waals surface area (Å²) in [6.45, 7) is 0. The summed E-state index contributed by atoms with van der Waals surface area (Å²) in [6, 6.07) is 7.17. The fourth-order valence-corrected chi connectivity index (χ4v) is 2.87. The molecular formula is C12H8F3N3S. The van der Waals surface area contributed by atoms with E-state index in [1.165, 1.54) is 17.4 Å². The van der Waals surface area contributed by atoms with Gasteiger partial charge < -0.3 is 5.73 Å². The van der Waals surface area contributed by atoms with Crippen LogP contribution in [0.4, 0.5) is 19.0 Å². The Balaban J connectivity index is 2.11. The molecule has 0 bridgehead atoms. The molecule has 0 saturated heterocycles. The minimum absolute atomic E-state index is 0.350. The molecule has 1 aromatic carbocycles. The van der Waals surface area contributed by atoms with Crippen molar-refractivity contribution < 1.29 is 13.2 Å². The van der Waals surface area contributed by atoms with Gasteiger partial charge in [0, 0.05) is 10.8 Å². The van der Waals surface area contributed by atoms with Gasteiger partial charge in [0.1, 0.15) is 5.82 Å². The molecule has 3 nitrogen and oxygen atoms in total. The standard InChI is InChI=1S/C12H8F3N3S/c13-12(14,15)7-2-1-6-3-10(19-9(6)4-7)8-5-11(16)18-17-8/h1-5H,(H3,16,17,18). The van der Waals surface area contributed by atoms with Crippen molar-refractivity contribution in [1.82, 2.24) is 10.2 Å². The van der Waals surface area contributed by atoms with E-state index in [2.05, 4.69) is 10.2 Å². The first kappa shape index (κ1) is 12.0. The number of anilines is 1. The Kier molecular flexibility index (Phi) is 2.53. The number of thiophene rings is 1. The van der Waals surface area contributed by atoms with Crippen LogP contribution >= 0.6 is 11.3 Å². The van der Waals surface area contributed by atoms with Gasteiger partial charge in [-0.15, -0.1) is 11.3 Å². The summed E-state index contributed by atoms with van der Waals surface area (Å²) in [5.74, 6) is 0.350. The van der Waals surface area contributed by atoms with Crippen molar-refractivity contribution in [2.75, 3.05) is 5.73 Å². The van der Waals surface area contributed by atoms with Crippen LogP contribution in [0.2, 0.25) is 0 Å². The number of H-pyrrole nitrogens is 1. The lowest BCUT2D eigenvalue weighted by Gasteiger charge is -2.05. The van der Waals surface area contributed by atoms with Crippen LogP contribution in [0.5, 0.6) is 0 Å². The Bertz CT molecular complexity index is 742. The van der Waals surface area contributed by atoms with Gasteiger partial charge in [-0.25, -0.2) is 0 Å². The molecule has 0 unspecified atom stereocenters. The van der Waals surface area contributed by atoms with Crippen molar-refractivity contribution in [3.05, 3.63) is 35.9 Å². The van der Waals surface area contributed by atoms with Crippen LogP contribution in [0.25, 0.3) is 20.7 Å². The molecule has 0 aliphatic carbocycles. The first-order valence-corrected chi connectivity index (χ1v) is 6.17. The fraction of sp³-hybridized carbons (Fsp3) is 0.0833. The van der Waals surface area contributed by atoms with Crippen molar-refractivity contribution in [1.29, 1.82) is 0 Å². The lowest BCUT2D eigenvalue weighted by atomic mass is 10.1. The number of nitrogens with zero attached hydrogens (tertiary/aromatic N) is 1. The van der Waals surface area contributed by atoms with E-state index in [1.807, 2.05) is 6.07 Å². The average molecular weight is 283 g/mol. The summed E-state index contributed by atoms with van der Waals surface area (Å²) in [5, 5.41) is 7.31. The predicted octanol–water partition coefficient (Wildman–Crippen LogP) is 3.89. The van der Waals surface area contributed by atoms with Crippen LogP contribution in [0, 0.1) is 0 Å². The normalized spacial score (nSPS) is 12.2. The monoisotopic (exact) mass is 283 g/mol. The molecule has 19 heavy (non-hydrogen) atoms. The van der Waals surface area contributed by atoms with Crippen LogP contribution < -0.4 is 5.73 Å². The molecule has 0 aliphatic rings. The molecular weight excluding hydrogens is 275 g/mol. The molecule has 0 spiro atoms. The molecule has 0 amide bonds. The van der Waals surface area contributed by atoms with Crippen molar-refractivity contribution in [3.63, 3.8) is 0 Å². The SMILES string of the molecule is Nc1cc(-c2cc3ccc(C(F)(F)F)cc3s2)[nH]n1. The number of benzene rings is 1. The number of aromatic nitrogens is 2. The van der Waals surface area contributed by atoms with Gasteiger partial charge in [-0.1, -0.05) is 6.07 Å². The maximum absolute atomic E-state index is 12.6.